The van der Waals surface area contributed by atoms with Gasteiger partial charge in [-0.3, -0.25) is 14.4 Å². The first kappa shape index (κ1) is 19.9. The molecule has 150 valence electrons. The Bertz CT molecular complexity index is 917. The maximum Gasteiger partial charge on any atom is 0.323 e. The number of hydrogen-bond donors (Lipinski definition) is 1. The van der Waals surface area contributed by atoms with E-state index in [9.17, 15) is 14.4 Å². The zero-order valence-corrected chi connectivity index (χ0v) is 16.5. The Morgan fingerprint density at radius 3 is 2.61 bits per heavy atom. The summed E-state index contributed by atoms with van der Waals surface area (Å²) in [4.78, 5) is 39.2. The maximum absolute atomic E-state index is 13.1. The highest BCUT2D eigenvalue weighted by molar-refractivity contribution is 5.99. The van der Waals surface area contributed by atoms with E-state index in [1.54, 1.807) is 4.90 Å². The Balaban J connectivity index is 1.78. The maximum atomic E-state index is 13.1. The van der Waals surface area contributed by atoms with Gasteiger partial charge in [-0.05, 0) is 38.7 Å². The molecule has 1 saturated heterocycles. The molecule has 1 N–H and O–H groups in total. The second-order valence-electron chi connectivity index (χ2n) is 7.43. The number of likely N-dealkylation sites (tertiary alicyclic amines) is 1. The van der Waals surface area contributed by atoms with Gasteiger partial charge in [0, 0.05) is 37.0 Å². The number of carbonyl (C=O) groups is 3. The summed E-state index contributed by atoms with van der Waals surface area (Å²) in [5.41, 5.74) is 2.56. The molecule has 2 heterocycles. The second-order valence-corrected chi connectivity index (χ2v) is 7.43. The average Bonchev–Trinajstić information content (AvgIpc) is 2.82. The van der Waals surface area contributed by atoms with E-state index in [4.69, 9.17) is 9.52 Å². The van der Waals surface area contributed by atoms with E-state index in [0.717, 1.165) is 22.1 Å². The average molecular weight is 386 g/mol. The minimum Gasteiger partial charge on any atom is -0.480 e. The van der Waals surface area contributed by atoms with E-state index < -0.39 is 5.97 Å². The smallest absolute Gasteiger partial charge is 0.323 e. The van der Waals surface area contributed by atoms with Crippen LogP contribution in [0.2, 0.25) is 0 Å². The second kappa shape index (κ2) is 8.04. The lowest BCUT2D eigenvalue weighted by Gasteiger charge is -2.28. The van der Waals surface area contributed by atoms with Crippen LogP contribution in [0.1, 0.15) is 47.9 Å². The number of rotatable bonds is 4. The van der Waals surface area contributed by atoms with Gasteiger partial charge in [0.15, 0.2) is 5.76 Å². The van der Waals surface area contributed by atoms with Crippen molar-refractivity contribution < 1.29 is 23.9 Å². The number of benzene rings is 1. The molecule has 1 aromatic carbocycles. The Hall–Kier alpha value is -2.83. The molecule has 0 spiro atoms. The standard InChI is InChI=1S/C21H26N2O5/c1-13-6-4-8-17-14(2)20(28-19(13)17)21(27)22-10-5-7-16(9-11-22)23(15(3)24)12-18(25)26/h4,6,8,16H,5,7,9-12H2,1-3H3,(H,25,26). The first-order valence-corrected chi connectivity index (χ1v) is 9.56. The number of carboxylic acid groups (broad SMARTS) is 1. The number of carboxylic acids is 1. The summed E-state index contributed by atoms with van der Waals surface area (Å²) in [6.07, 6.45) is 1.93. The highest BCUT2D eigenvalue weighted by Gasteiger charge is 2.30. The molecule has 1 atom stereocenters. The van der Waals surface area contributed by atoms with Crippen LogP contribution in [0.15, 0.2) is 22.6 Å². The highest BCUT2D eigenvalue weighted by Crippen LogP contribution is 2.29. The molecule has 1 fully saturated rings. The van der Waals surface area contributed by atoms with Crippen molar-refractivity contribution in [1.82, 2.24) is 9.80 Å². The third-order valence-electron chi connectivity index (χ3n) is 5.49. The molecule has 7 nitrogen and oxygen atoms in total. The minimum absolute atomic E-state index is 0.152. The number of para-hydroxylation sites is 1. The quantitative estimate of drug-likeness (QED) is 0.872. The third-order valence-corrected chi connectivity index (χ3v) is 5.49. The number of aliphatic carboxylic acids is 1. The number of furan rings is 1. The van der Waals surface area contributed by atoms with Crippen LogP contribution in [-0.2, 0) is 9.59 Å². The fraction of sp³-hybridized carbons (Fsp3) is 0.476. The lowest BCUT2D eigenvalue weighted by Crippen LogP contribution is -2.43. The van der Waals surface area contributed by atoms with Crippen LogP contribution >= 0.6 is 0 Å². The zero-order valence-electron chi connectivity index (χ0n) is 16.5. The molecule has 0 bridgehead atoms. The van der Waals surface area contributed by atoms with Crippen LogP contribution in [0.4, 0.5) is 0 Å². The van der Waals surface area contributed by atoms with Crippen LogP contribution in [0.5, 0.6) is 0 Å². The van der Waals surface area contributed by atoms with Gasteiger partial charge in [-0.2, -0.15) is 0 Å². The largest absolute Gasteiger partial charge is 0.480 e. The molecule has 2 aromatic rings. The van der Waals surface area contributed by atoms with Crippen molar-refractivity contribution in [3.63, 3.8) is 0 Å². The molecule has 1 aliphatic heterocycles. The summed E-state index contributed by atoms with van der Waals surface area (Å²) in [5, 5.41) is 10.0. The summed E-state index contributed by atoms with van der Waals surface area (Å²) in [5.74, 6) is -1.07. The van der Waals surface area contributed by atoms with E-state index in [-0.39, 0.29) is 24.4 Å². The van der Waals surface area contributed by atoms with Gasteiger partial charge in [-0.25, -0.2) is 0 Å². The highest BCUT2D eigenvalue weighted by atomic mass is 16.4. The Morgan fingerprint density at radius 1 is 1.21 bits per heavy atom. The van der Waals surface area contributed by atoms with Gasteiger partial charge in [0.25, 0.3) is 5.91 Å². The monoisotopic (exact) mass is 386 g/mol. The summed E-state index contributed by atoms with van der Waals surface area (Å²) in [6, 6.07) is 5.68. The Labute approximate surface area is 163 Å². The predicted octanol–water partition coefficient (Wildman–Crippen LogP) is 2.98. The van der Waals surface area contributed by atoms with E-state index in [2.05, 4.69) is 0 Å². The summed E-state index contributed by atoms with van der Waals surface area (Å²) >= 11 is 0. The van der Waals surface area contributed by atoms with Crippen LogP contribution in [0, 0.1) is 13.8 Å². The van der Waals surface area contributed by atoms with Crippen LogP contribution in [0.3, 0.4) is 0 Å². The van der Waals surface area contributed by atoms with Crippen LogP contribution in [0.25, 0.3) is 11.0 Å². The normalized spacial score (nSPS) is 17.4. The van der Waals surface area contributed by atoms with Crippen LogP contribution in [-0.4, -0.2) is 58.4 Å². The molecule has 1 unspecified atom stereocenters. The number of amides is 2. The zero-order chi connectivity index (χ0) is 20.4. The summed E-state index contributed by atoms with van der Waals surface area (Å²) in [7, 11) is 0. The molecule has 0 aliphatic carbocycles. The van der Waals surface area contributed by atoms with Crippen molar-refractivity contribution in [2.24, 2.45) is 0 Å². The van der Waals surface area contributed by atoms with Gasteiger partial charge in [-0.15, -0.1) is 0 Å². The molecular formula is C21H26N2O5. The SMILES string of the molecule is CC(=O)N(CC(=O)O)C1CCCN(C(=O)c2oc3c(C)cccc3c2C)CC1. The Kier molecular flexibility index (Phi) is 5.72. The van der Waals surface area contributed by atoms with Crippen molar-refractivity contribution >= 4 is 28.8 Å². The molecule has 1 aromatic heterocycles. The molecule has 1 aliphatic rings. The number of fused-ring (bicyclic) bond motifs is 1. The first-order chi connectivity index (χ1) is 13.3. The van der Waals surface area contributed by atoms with Gasteiger partial charge in [0.2, 0.25) is 5.91 Å². The van der Waals surface area contributed by atoms with Gasteiger partial charge < -0.3 is 19.3 Å². The van der Waals surface area contributed by atoms with E-state index in [0.29, 0.717) is 38.1 Å². The lowest BCUT2D eigenvalue weighted by atomic mass is 10.1. The fourth-order valence-corrected chi connectivity index (χ4v) is 3.97. The van der Waals surface area contributed by atoms with Gasteiger partial charge in [-0.1, -0.05) is 18.2 Å². The number of hydrogen-bond acceptors (Lipinski definition) is 4. The number of nitrogens with zero attached hydrogens (tertiary/aromatic N) is 2. The third kappa shape index (κ3) is 3.88. The van der Waals surface area contributed by atoms with E-state index in [1.807, 2.05) is 32.0 Å². The van der Waals surface area contributed by atoms with Crippen molar-refractivity contribution in [2.75, 3.05) is 19.6 Å². The van der Waals surface area contributed by atoms with Gasteiger partial charge in [0.1, 0.15) is 12.1 Å². The molecule has 2 amide bonds. The molecule has 7 heteroatoms. The van der Waals surface area contributed by atoms with Gasteiger partial charge in [0.05, 0.1) is 0 Å². The Morgan fingerprint density at radius 2 is 1.96 bits per heavy atom. The van der Waals surface area contributed by atoms with Crippen molar-refractivity contribution in [3.8, 4) is 0 Å². The summed E-state index contributed by atoms with van der Waals surface area (Å²) in [6.45, 7) is 5.94. The topological polar surface area (TPSA) is 91.1 Å². The van der Waals surface area contributed by atoms with Gasteiger partial charge >= 0.3 is 5.97 Å². The van der Waals surface area contributed by atoms with E-state index in [1.165, 1.54) is 11.8 Å². The molecule has 0 radical (unpaired) electrons. The van der Waals surface area contributed by atoms with Crippen LogP contribution < -0.4 is 0 Å². The molecule has 28 heavy (non-hydrogen) atoms. The van der Waals surface area contributed by atoms with Crippen molar-refractivity contribution in [3.05, 3.63) is 35.1 Å². The minimum atomic E-state index is -1.03. The molecule has 0 saturated carbocycles. The van der Waals surface area contributed by atoms with E-state index >= 15 is 0 Å². The molecule has 3 rings (SSSR count). The predicted molar refractivity (Wildman–Crippen MR) is 104 cm³/mol. The summed E-state index contributed by atoms with van der Waals surface area (Å²) < 4.78 is 5.92. The number of aryl methyl sites for hydroxylation is 2. The molecular weight excluding hydrogens is 360 g/mol. The first-order valence-electron chi connectivity index (χ1n) is 9.56. The fourth-order valence-electron chi connectivity index (χ4n) is 3.97. The van der Waals surface area contributed by atoms with Crippen molar-refractivity contribution in [2.45, 2.75) is 46.1 Å². The number of carbonyl (C=O) groups excluding carboxylic acids is 2. The van der Waals surface area contributed by atoms with Crippen molar-refractivity contribution in [1.29, 1.82) is 0 Å². The lowest BCUT2D eigenvalue weighted by molar-refractivity contribution is -0.145.